The quantitative estimate of drug-likeness (QED) is 0.421. The van der Waals surface area contributed by atoms with Gasteiger partial charge in [0.15, 0.2) is 7.49 Å². The average Bonchev–Trinajstić information content (AvgIpc) is 3.58. The first kappa shape index (κ1) is 21.0. The third-order valence-corrected chi connectivity index (χ3v) is 9.50. The van der Waals surface area contributed by atoms with Gasteiger partial charge in [0.2, 0.25) is 5.95 Å². The Labute approximate surface area is 187 Å². The lowest BCUT2D eigenvalue weighted by Crippen LogP contribution is -2.40. The number of nitriles is 1. The summed E-state index contributed by atoms with van der Waals surface area (Å²) in [6.07, 6.45) is 5.89. The van der Waals surface area contributed by atoms with Crippen LogP contribution in [-0.4, -0.2) is 70.4 Å². The minimum absolute atomic E-state index is 0.380. The maximum absolute atomic E-state index is 11.4. The predicted octanol–water partition coefficient (Wildman–Crippen LogP) is 2.65. The second kappa shape index (κ2) is 8.21. The molecule has 3 aromatic rings. The number of hydrogen-bond donors (Lipinski definition) is 4. The first-order valence-electron chi connectivity index (χ1n) is 10.8. The van der Waals surface area contributed by atoms with E-state index in [1.54, 1.807) is 20.4 Å². The van der Waals surface area contributed by atoms with Gasteiger partial charge in [-0.05, 0) is 25.0 Å². The van der Waals surface area contributed by atoms with Crippen LogP contribution in [0.5, 0.6) is 5.75 Å². The van der Waals surface area contributed by atoms with E-state index in [2.05, 4.69) is 36.6 Å². The number of methoxy groups -OCH3 is 1. The fraction of sp³-hybridized carbons (Fsp3) is 0.409. The summed E-state index contributed by atoms with van der Waals surface area (Å²) in [5, 5.41) is 17.2. The third kappa shape index (κ3) is 3.75. The van der Waals surface area contributed by atoms with Crippen LogP contribution in [0.3, 0.4) is 0 Å². The molecule has 0 radical (unpaired) electrons. The Morgan fingerprint density at radius 1 is 1.28 bits per heavy atom. The number of aromatic nitrogens is 3. The number of benzene rings is 1. The molecule has 0 atom stereocenters. The van der Waals surface area contributed by atoms with Gasteiger partial charge in [0.05, 0.1) is 23.7 Å². The summed E-state index contributed by atoms with van der Waals surface area (Å²) in [5.74, 6) is 1.58. The van der Waals surface area contributed by atoms with Crippen LogP contribution in [-0.2, 0) is 0 Å². The van der Waals surface area contributed by atoms with Gasteiger partial charge >= 0.3 is 0 Å². The Bertz CT molecular complexity index is 1190. The van der Waals surface area contributed by atoms with E-state index >= 15 is 0 Å². The van der Waals surface area contributed by atoms with Crippen molar-refractivity contribution in [2.75, 3.05) is 50.2 Å². The topological polar surface area (TPSA) is 122 Å². The van der Waals surface area contributed by atoms with Crippen LogP contribution in [0.1, 0.15) is 18.4 Å². The van der Waals surface area contributed by atoms with Crippen molar-refractivity contribution in [1.29, 1.82) is 5.26 Å². The number of aromatic amines is 1. The SMILES string of the molecule is CNc1nc(Nc2ccc([P+]3(O)CCN(C4CC4)CC3)cc2OC)nc2[nH]cc(C#N)c12. The van der Waals surface area contributed by atoms with Crippen molar-refractivity contribution in [1.82, 2.24) is 19.9 Å². The van der Waals surface area contributed by atoms with Gasteiger partial charge in [-0.1, -0.05) is 0 Å². The van der Waals surface area contributed by atoms with E-state index in [0.717, 1.165) is 36.8 Å². The lowest BCUT2D eigenvalue weighted by atomic mass is 10.2. The van der Waals surface area contributed by atoms with Crippen LogP contribution in [0.25, 0.3) is 11.0 Å². The Balaban J connectivity index is 1.41. The molecule has 0 unspecified atom stereocenters. The molecule has 2 fully saturated rings. The average molecular weight is 452 g/mol. The van der Waals surface area contributed by atoms with E-state index in [9.17, 15) is 10.2 Å². The van der Waals surface area contributed by atoms with Crippen molar-refractivity contribution in [3.05, 3.63) is 30.0 Å². The number of H-pyrrole nitrogens is 1. The highest BCUT2D eigenvalue weighted by Gasteiger charge is 2.45. The lowest BCUT2D eigenvalue weighted by Gasteiger charge is -2.32. The fourth-order valence-electron chi connectivity index (χ4n) is 4.39. The molecule has 1 aliphatic carbocycles. The highest BCUT2D eigenvalue weighted by molar-refractivity contribution is 7.77. The van der Waals surface area contributed by atoms with Gasteiger partial charge in [-0.3, -0.25) is 4.90 Å². The molecule has 1 saturated carbocycles. The van der Waals surface area contributed by atoms with Crippen LogP contribution in [0.15, 0.2) is 24.4 Å². The molecule has 2 aliphatic rings. The van der Waals surface area contributed by atoms with E-state index in [4.69, 9.17) is 4.74 Å². The van der Waals surface area contributed by atoms with E-state index in [0.29, 0.717) is 39.8 Å². The highest BCUT2D eigenvalue weighted by atomic mass is 31.2. The summed E-state index contributed by atoms with van der Waals surface area (Å²) in [4.78, 5) is 26.0. The molecule has 3 heterocycles. The number of hydrogen-bond acceptors (Lipinski definition) is 8. The lowest BCUT2D eigenvalue weighted by molar-refractivity contribution is 0.282. The molecule has 10 heteroatoms. The largest absolute Gasteiger partial charge is 0.494 e. The monoisotopic (exact) mass is 452 g/mol. The van der Waals surface area contributed by atoms with E-state index in [1.807, 2.05) is 18.2 Å². The summed E-state index contributed by atoms with van der Waals surface area (Å²) < 4.78 is 5.64. The van der Waals surface area contributed by atoms with E-state index < -0.39 is 7.49 Å². The minimum atomic E-state index is -2.18. The Kier molecular flexibility index (Phi) is 5.38. The second-order valence-electron chi connectivity index (χ2n) is 8.33. The van der Waals surface area contributed by atoms with Crippen molar-refractivity contribution in [2.24, 2.45) is 0 Å². The molecule has 1 aromatic carbocycles. The summed E-state index contributed by atoms with van der Waals surface area (Å²) >= 11 is 0. The molecule has 2 aromatic heterocycles. The number of nitrogens with one attached hydrogen (secondary N) is 3. The van der Waals surface area contributed by atoms with Crippen molar-refractivity contribution in [2.45, 2.75) is 18.9 Å². The number of ether oxygens (including phenoxy) is 1. The fourth-order valence-corrected chi connectivity index (χ4v) is 7.02. The number of rotatable bonds is 6. The second-order valence-corrected chi connectivity index (χ2v) is 11.6. The van der Waals surface area contributed by atoms with E-state index in [-0.39, 0.29) is 0 Å². The van der Waals surface area contributed by atoms with Gasteiger partial charge in [0.1, 0.15) is 40.9 Å². The highest BCUT2D eigenvalue weighted by Crippen LogP contribution is 2.56. The summed E-state index contributed by atoms with van der Waals surface area (Å²) in [6.45, 7) is 1.94. The number of nitrogens with zero attached hydrogens (tertiary/aromatic N) is 4. The smallest absolute Gasteiger partial charge is 0.231 e. The van der Waals surface area contributed by atoms with Crippen molar-refractivity contribution >= 4 is 41.3 Å². The molecule has 4 N–H and O–H groups in total. The van der Waals surface area contributed by atoms with Crippen LogP contribution < -0.4 is 20.7 Å². The molecule has 32 heavy (non-hydrogen) atoms. The van der Waals surface area contributed by atoms with E-state index in [1.165, 1.54) is 12.8 Å². The van der Waals surface area contributed by atoms with Gasteiger partial charge in [-0.2, -0.15) is 15.2 Å². The van der Waals surface area contributed by atoms with Crippen LogP contribution in [0.4, 0.5) is 17.5 Å². The molecule has 9 nitrogen and oxygen atoms in total. The molecule has 1 saturated heterocycles. The molecule has 0 bridgehead atoms. The number of fused-ring (bicyclic) bond motifs is 1. The van der Waals surface area contributed by atoms with Gasteiger partial charge in [-0.15, -0.1) is 0 Å². The molecule has 1 aliphatic heterocycles. The normalized spacial score (nSPS) is 18.3. The first-order valence-corrected chi connectivity index (χ1v) is 12.9. The van der Waals surface area contributed by atoms with Crippen molar-refractivity contribution in [3.8, 4) is 11.8 Å². The zero-order valence-electron chi connectivity index (χ0n) is 18.2. The zero-order chi connectivity index (χ0) is 22.3. The summed E-state index contributed by atoms with van der Waals surface area (Å²) in [6, 6.07) is 8.75. The van der Waals surface area contributed by atoms with Gasteiger partial charge in [-0.25, -0.2) is 4.89 Å². The van der Waals surface area contributed by atoms with Gasteiger partial charge in [0, 0.05) is 38.4 Å². The van der Waals surface area contributed by atoms with Crippen LogP contribution in [0, 0.1) is 11.3 Å². The Morgan fingerprint density at radius 2 is 2.06 bits per heavy atom. The Morgan fingerprint density at radius 3 is 2.72 bits per heavy atom. The summed E-state index contributed by atoms with van der Waals surface area (Å²) in [7, 11) is 1.20. The van der Waals surface area contributed by atoms with Crippen LogP contribution in [0.2, 0.25) is 0 Å². The Hall–Kier alpha value is -2.92. The minimum Gasteiger partial charge on any atom is -0.494 e. The standard InChI is InChI=1S/C22H27N7O2P/c1-24-20-19-14(12-23)13-25-21(19)28-22(27-20)26-17-6-5-16(11-18(17)31-2)32(30)9-7-29(8-10-32)15-3-4-15/h5-6,11,13,15,30H,3-4,7-10H2,1-2H3,(H3,24,25,26,27,28)/q+1. The van der Waals surface area contributed by atoms with Gasteiger partial charge in [0.25, 0.3) is 0 Å². The maximum atomic E-state index is 11.4. The molecule has 0 amide bonds. The molecular weight excluding hydrogens is 425 g/mol. The maximum Gasteiger partial charge on any atom is 0.231 e. The number of anilines is 3. The molecule has 0 spiro atoms. The summed E-state index contributed by atoms with van der Waals surface area (Å²) in [5.41, 5.74) is 1.78. The van der Waals surface area contributed by atoms with Crippen molar-refractivity contribution in [3.63, 3.8) is 0 Å². The predicted molar refractivity (Wildman–Crippen MR) is 128 cm³/mol. The van der Waals surface area contributed by atoms with Crippen LogP contribution >= 0.6 is 7.49 Å². The zero-order valence-corrected chi connectivity index (χ0v) is 19.1. The third-order valence-electron chi connectivity index (χ3n) is 6.38. The van der Waals surface area contributed by atoms with Gasteiger partial charge < -0.3 is 20.4 Å². The molecular formula is C22H27N7O2P+. The van der Waals surface area contributed by atoms with Crippen molar-refractivity contribution < 1.29 is 9.63 Å². The molecule has 166 valence electrons. The molecule has 5 rings (SSSR count). The first-order chi connectivity index (χ1) is 15.5.